The van der Waals surface area contributed by atoms with Crippen LogP contribution in [0.15, 0.2) is 24.3 Å². The zero-order chi connectivity index (χ0) is 14.8. The summed E-state index contributed by atoms with van der Waals surface area (Å²) in [4.78, 5) is 24.3. The van der Waals surface area contributed by atoms with E-state index in [9.17, 15) is 9.59 Å². The second kappa shape index (κ2) is 5.65. The molecule has 0 aliphatic heterocycles. The molecule has 1 saturated carbocycles. The van der Waals surface area contributed by atoms with Crippen molar-refractivity contribution in [1.29, 1.82) is 0 Å². The zero-order valence-electron chi connectivity index (χ0n) is 12.3. The minimum Gasteiger partial charge on any atom is -0.353 e. The van der Waals surface area contributed by atoms with E-state index >= 15 is 0 Å². The quantitative estimate of drug-likeness (QED) is 0.806. The lowest BCUT2D eigenvalue weighted by atomic mass is 10.0. The normalized spacial score (nSPS) is 15.8. The van der Waals surface area contributed by atoms with Crippen molar-refractivity contribution >= 4 is 11.8 Å². The van der Waals surface area contributed by atoms with Gasteiger partial charge in [0.15, 0.2) is 0 Å². The molecule has 2 N–H and O–H groups in total. The highest BCUT2D eigenvalue weighted by molar-refractivity contribution is 6.07. The fourth-order valence-corrected chi connectivity index (χ4v) is 2.26. The summed E-state index contributed by atoms with van der Waals surface area (Å²) in [5.74, 6) is -0.300. The van der Waals surface area contributed by atoms with E-state index in [4.69, 9.17) is 0 Å². The van der Waals surface area contributed by atoms with Gasteiger partial charge in [0.25, 0.3) is 0 Å². The molecule has 0 bridgehead atoms. The number of hydrogen-bond acceptors (Lipinski definition) is 2. The van der Waals surface area contributed by atoms with Crippen LogP contribution in [-0.4, -0.2) is 17.9 Å². The van der Waals surface area contributed by atoms with Gasteiger partial charge in [-0.3, -0.25) is 9.59 Å². The highest BCUT2D eigenvalue weighted by Crippen LogP contribution is 2.46. The molecule has 0 atom stereocenters. The van der Waals surface area contributed by atoms with Crippen LogP contribution in [0, 0.1) is 12.3 Å². The van der Waals surface area contributed by atoms with Gasteiger partial charge in [0.2, 0.25) is 11.8 Å². The number of hydrogen-bond donors (Lipinski definition) is 2. The van der Waals surface area contributed by atoms with Crippen molar-refractivity contribution in [2.75, 3.05) is 0 Å². The third-order valence-electron chi connectivity index (χ3n) is 3.57. The molecule has 4 nitrogen and oxygen atoms in total. The summed E-state index contributed by atoms with van der Waals surface area (Å²) in [5, 5.41) is 5.72. The van der Waals surface area contributed by atoms with Crippen LogP contribution >= 0.6 is 0 Å². The summed E-state index contributed by atoms with van der Waals surface area (Å²) in [6.07, 6.45) is 1.29. The Labute approximate surface area is 119 Å². The maximum Gasteiger partial charge on any atom is 0.235 e. The molecule has 1 aliphatic carbocycles. The van der Waals surface area contributed by atoms with Gasteiger partial charge in [-0.2, -0.15) is 0 Å². The van der Waals surface area contributed by atoms with Crippen LogP contribution in [0.2, 0.25) is 0 Å². The van der Waals surface area contributed by atoms with Crippen molar-refractivity contribution in [2.24, 2.45) is 5.41 Å². The number of nitrogens with one attached hydrogen (secondary N) is 2. The van der Waals surface area contributed by atoms with Crippen LogP contribution in [0.25, 0.3) is 0 Å². The van der Waals surface area contributed by atoms with Crippen LogP contribution in [0.3, 0.4) is 0 Å². The van der Waals surface area contributed by atoms with E-state index in [1.807, 2.05) is 45.0 Å². The number of carbonyl (C=O) groups excluding carboxylic acids is 2. The third kappa shape index (κ3) is 3.18. The van der Waals surface area contributed by atoms with E-state index in [2.05, 4.69) is 10.6 Å². The Morgan fingerprint density at radius 3 is 2.50 bits per heavy atom. The van der Waals surface area contributed by atoms with Gasteiger partial charge in [-0.1, -0.05) is 29.8 Å². The first-order valence-corrected chi connectivity index (χ1v) is 7.09. The molecule has 0 unspecified atom stereocenters. The molecule has 1 fully saturated rings. The molecule has 0 spiro atoms. The summed E-state index contributed by atoms with van der Waals surface area (Å²) in [7, 11) is 0. The molecule has 0 saturated heterocycles. The van der Waals surface area contributed by atoms with Crippen LogP contribution < -0.4 is 10.6 Å². The Morgan fingerprint density at radius 1 is 1.25 bits per heavy atom. The fraction of sp³-hybridized carbons (Fsp3) is 0.500. The molecule has 2 amide bonds. The second-order valence-corrected chi connectivity index (χ2v) is 5.88. The average molecular weight is 274 g/mol. The van der Waals surface area contributed by atoms with Crippen molar-refractivity contribution in [3.05, 3.63) is 35.4 Å². The molecule has 0 aromatic heterocycles. The molecular formula is C16H22N2O2. The molecule has 0 heterocycles. The highest BCUT2D eigenvalue weighted by atomic mass is 16.2. The monoisotopic (exact) mass is 274 g/mol. The van der Waals surface area contributed by atoms with E-state index in [0.29, 0.717) is 19.4 Å². The van der Waals surface area contributed by atoms with Crippen LogP contribution in [0.5, 0.6) is 0 Å². The number of amides is 2. The van der Waals surface area contributed by atoms with Gasteiger partial charge in [-0.05, 0) is 39.2 Å². The summed E-state index contributed by atoms with van der Waals surface area (Å²) < 4.78 is 0. The maximum absolute atomic E-state index is 12.2. The largest absolute Gasteiger partial charge is 0.353 e. The van der Waals surface area contributed by atoms with Gasteiger partial charge in [-0.25, -0.2) is 0 Å². The third-order valence-corrected chi connectivity index (χ3v) is 3.57. The van der Waals surface area contributed by atoms with E-state index in [-0.39, 0.29) is 17.9 Å². The molecule has 1 aliphatic rings. The second-order valence-electron chi connectivity index (χ2n) is 5.88. The molecular weight excluding hydrogens is 252 g/mol. The van der Waals surface area contributed by atoms with E-state index < -0.39 is 5.41 Å². The first-order chi connectivity index (χ1) is 9.44. The minimum atomic E-state index is -0.825. The SMILES string of the molecule is Cc1cccc(CNC(=O)C2(C(=O)NC(C)C)CC2)c1. The predicted octanol–water partition coefficient (Wildman–Crippen LogP) is 1.92. The number of aryl methyl sites for hydroxylation is 1. The Kier molecular flexibility index (Phi) is 4.12. The van der Waals surface area contributed by atoms with Gasteiger partial charge in [0.1, 0.15) is 5.41 Å². The molecule has 1 aromatic rings. The number of rotatable bonds is 5. The van der Waals surface area contributed by atoms with E-state index in [1.165, 1.54) is 0 Å². The number of benzene rings is 1. The molecule has 108 valence electrons. The lowest BCUT2D eigenvalue weighted by Crippen LogP contribution is -2.44. The fourth-order valence-electron chi connectivity index (χ4n) is 2.26. The maximum atomic E-state index is 12.2. The lowest BCUT2D eigenvalue weighted by molar-refractivity contribution is -0.137. The molecule has 20 heavy (non-hydrogen) atoms. The minimum absolute atomic E-state index is 0.0598. The molecule has 2 rings (SSSR count). The van der Waals surface area contributed by atoms with Gasteiger partial charge in [0, 0.05) is 12.6 Å². The number of carbonyl (C=O) groups is 2. The predicted molar refractivity (Wildman–Crippen MR) is 78.0 cm³/mol. The summed E-state index contributed by atoms with van der Waals surface area (Å²) in [6, 6.07) is 8.05. The van der Waals surface area contributed by atoms with Gasteiger partial charge in [-0.15, -0.1) is 0 Å². The van der Waals surface area contributed by atoms with E-state index in [1.54, 1.807) is 0 Å². The average Bonchev–Trinajstić information content (AvgIpc) is 3.16. The standard InChI is InChI=1S/C16H22N2O2/c1-11(2)18-15(20)16(7-8-16)14(19)17-10-13-6-4-5-12(3)9-13/h4-6,9,11H,7-8,10H2,1-3H3,(H,17,19)(H,18,20). The summed E-state index contributed by atoms with van der Waals surface area (Å²) in [6.45, 7) is 6.29. The van der Waals surface area contributed by atoms with Crippen molar-refractivity contribution in [1.82, 2.24) is 10.6 Å². The highest BCUT2D eigenvalue weighted by Gasteiger charge is 2.56. The van der Waals surface area contributed by atoms with Crippen molar-refractivity contribution in [2.45, 2.75) is 46.2 Å². The van der Waals surface area contributed by atoms with Gasteiger partial charge < -0.3 is 10.6 Å². The van der Waals surface area contributed by atoms with Crippen LogP contribution in [0.1, 0.15) is 37.8 Å². The zero-order valence-corrected chi connectivity index (χ0v) is 12.3. The topological polar surface area (TPSA) is 58.2 Å². The molecule has 1 aromatic carbocycles. The Bertz CT molecular complexity index is 519. The van der Waals surface area contributed by atoms with Crippen molar-refractivity contribution in [3.8, 4) is 0 Å². The first kappa shape index (κ1) is 14.6. The Morgan fingerprint density at radius 2 is 1.95 bits per heavy atom. The smallest absolute Gasteiger partial charge is 0.235 e. The van der Waals surface area contributed by atoms with Crippen molar-refractivity contribution < 1.29 is 9.59 Å². The van der Waals surface area contributed by atoms with Gasteiger partial charge in [0.05, 0.1) is 0 Å². The lowest BCUT2D eigenvalue weighted by Gasteiger charge is -2.17. The van der Waals surface area contributed by atoms with E-state index in [0.717, 1.165) is 11.1 Å². The van der Waals surface area contributed by atoms with Crippen molar-refractivity contribution in [3.63, 3.8) is 0 Å². The van der Waals surface area contributed by atoms with Crippen LogP contribution in [0.4, 0.5) is 0 Å². The molecule has 0 radical (unpaired) electrons. The Hall–Kier alpha value is -1.84. The first-order valence-electron chi connectivity index (χ1n) is 7.09. The molecule has 4 heteroatoms. The van der Waals surface area contributed by atoms with Gasteiger partial charge >= 0.3 is 0 Å². The Balaban J connectivity index is 1.93. The summed E-state index contributed by atoms with van der Waals surface area (Å²) in [5.41, 5.74) is 1.39. The summed E-state index contributed by atoms with van der Waals surface area (Å²) >= 11 is 0. The van der Waals surface area contributed by atoms with Crippen LogP contribution in [-0.2, 0) is 16.1 Å².